The highest BCUT2D eigenvalue weighted by Crippen LogP contribution is 2.31. The number of nitrogens with two attached hydrogens (primary N) is 1. The maximum atomic E-state index is 10.8. The van der Waals surface area contributed by atoms with Crippen LogP contribution in [0.3, 0.4) is 0 Å². The van der Waals surface area contributed by atoms with E-state index in [0.29, 0.717) is 0 Å². The molecule has 2 nitrogen and oxygen atoms in total. The maximum Gasteiger partial charge on any atom is 0.227 e. The first-order chi connectivity index (χ1) is 6.68. The second kappa shape index (κ2) is 3.42. The first-order valence-corrected chi connectivity index (χ1v) is 5.12. The van der Waals surface area contributed by atoms with Crippen LogP contribution in [0.15, 0.2) is 24.3 Å². The van der Waals surface area contributed by atoms with Crippen molar-refractivity contribution in [3.05, 3.63) is 41.1 Å². The summed E-state index contributed by atoms with van der Waals surface area (Å²) in [6.07, 6.45) is 1.49. The van der Waals surface area contributed by atoms with Crippen molar-refractivity contribution in [1.29, 1.82) is 0 Å². The lowest BCUT2D eigenvalue weighted by molar-refractivity contribution is -0.114. The zero-order valence-corrected chi connectivity index (χ0v) is 8.60. The van der Waals surface area contributed by atoms with E-state index in [9.17, 15) is 4.79 Å². The minimum atomic E-state index is -0.389. The molecule has 0 fully saturated rings. The SMILES string of the molecule is Cc1c([CH]C(N)=O)sc2ccccc12. The third-order valence-electron chi connectivity index (χ3n) is 2.15. The highest BCUT2D eigenvalue weighted by Gasteiger charge is 2.09. The predicted octanol–water partition coefficient (Wildman–Crippen LogP) is 2.25. The number of aryl methyl sites for hydroxylation is 1. The molecule has 1 aromatic heterocycles. The Morgan fingerprint density at radius 2 is 2.14 bits per heavy atom. The van der Waals surface area contributed by atoms with Crippen molar-refractivity contribution in [2.45, 2.75) is 6.92 Å². The van der Waals surface area contributed by atoms with Crippen LogP contribution in [-0.2, 0) is 4.79 Å². The summed E-state index contributed by atoms with van der Waals surface area (Å²) in [5.41, 5.74) is 6.26. The van der Waals surface area contributed by atoms with E-state index >= 15 is 0 Å². The normalized spacial score (nSPS) is 10.6. The third-order valence-corrected chi connectivity index (χ3v) is 3.37. The van der Waals surface area contributed by atoms with E-state index in [1.165, 1.54) is 16.5 Å². The summed E-state index contributed by atoms with van der Waals surface area (Å²) >= 11 is 1.60. The van der Waals surface area contributed by atoms with Gasteiger partial charge in [-0.05, 0) is 23.9 Å². The molecule has 0 aliphatic heterocycles. The Kier molecular flexibility index (Phi) is 2.25. The van der Waals surface area contributed by atoms with Crippen LogP contribution in [0.5, 0.6) is 0 Å². The molecule has 0 saturated carbocycles. The van der Waals surface area contributed by atoms with Gasteiger partial charge >= 0.3 is 0 Å². The van der Waals surface area contributed by atoms with Crippen LogP contribution in [0, 0.1) is 13.3 Å². The fourth-order valence-corrected chi connectivity index (χ4v) is 2.61. The molecular formula is C11H10NOS. The van der Waals surface area contributed by atoms with Gasteiger partial charge in [-0.25, -0.2) is 0 Å². The minimum Gasteiger partial charge on any atom is -0.369 e. The molecule has 0 atom stereocenters. The smallest absolute Gasteiger partial charge is 0.227 e. The van der Waals surface area contributed by atoms with Gasteiger partial charge in [0, 0.05) is 9.58 Å². The van der Waals surface area contributed by atoms with Crippen LogP contribution < -0.4 is 5.73 Å². The summed E-state index contributed by atoms with van der Waals surface area (Å²) in [6.45, 7) is 2.01. The van der Waals surface area contributed by atoms with Crippen LogP contribution >= 0.6 is 11.3 Å². The number of fused-ring (bicyclic) bond motifs is 1. The summed E-state index contributed by atoms with van der Waals surface area (Å²) in [5.74, 6) is -0.389. The van der Waals surface area contributed by atoms with Crippen molar-refractivity contribution in [1.82, 2.24) is 0 Å². The summed E-state index contributed by atoms with van der Waals surface area (Å²) in [5, 5.41) is 1.20. The number of hydrogen-bond donors (Lipinski definition) is 1. The Labute approximate surface area is 86.3 Å². The molecule has 3 heteroatoms. The lowest BCUT2D eigenvalue weighted by Gasteiger charge is -1.93. The van der Waals surface area contributed by atoms with E-state index in [0.717, 1.165) is 10.4 Å². The number of carbonyl (C=O) groups is 1. The summed E-state index contributed by atoms with van der Waals surface area (Å²) in [6, 6.07) is 8.09. The molecule has 0 aliphatic rings. The molecular weight excluding hydrogens is 194 g/mol. The fourth-order valence-electron chi connectivity index (χ4n) is 1.46. The Hall–Kier alpha value is -1.35. The summed E-state index contributed by atoms with van der Waals surface area (Å²) < 4.78 is 1.19. The monoisotopic (exact) mass is 204 g/mol. The fraction of sp³-hybridized carbons (Fsp3) is 0.0909. The van der Waals surface area contributed by atoms with Crippen molar-refractivity contribution in [3.8, 4) is 0 Å². The van der Waals surface area contributed by atoms with Crippen molar-refractivity contribution in [2.75, 3.05) is 0 Å². The van der Waals surface area contributed by atoms with Gasteiger partial charge in [0.05, 0.1) is 6.42 Å². The zero-order valence-electron chi connectivity index (χ0n) is 7.78. The average Bonchev–Trinajstić information content (AvgIpc) is 2.44. The lowest BCUT2D eigenvalue weighted by atomic mass is 10.1. The van der Waals surface area contributed by atoms with Gasteiger partial charge in [-0.3, -0.25) is 4.79 Å². The van der Waals surface area contributed by atoms with Crippen LogP contribution in [-0.4, -0.2) is 5.91 Å². The van der Waals surface area contributed by atoms with Gasteiger partial charge in [-0.15, -0.1) is 11.3 Å². The number of rotatable bonds is 2. The third kappa shape index (κ3) is 1.51. The molecule has 0 unspecified atom stereocenters. The molecule has 1 aromatic carbocycles. The van der Waals surface area contributed by atoms with Crippen LogP contribution in [0.4, 0.5) is 0 Å². The van der Waals surface area contributed by atoms with Gasteiger partial charge in [-0.1, -0.05) is 18.2 Å². The average molecular weight is 204 g/mol. The summed E-state index contributed by atoms with van der Waals surface area (Å²) in [7, 11) is 0. The van der Waals surface area contributed by atoms with Crippen LogP contribution in [0.1, 0.15) is 10.4 Å². The van der Waals surface area contributed by atoms with Gasteiger partial charge < -0.3 is 5.73 Å². The number of hydrogen-bond acceptors (Lipinski definition) is 2. The second-order valence-electron chi connectivity index (χ2n) is 3.13. The van der Waals surface area contributed by atoms with Crippen molar-refractivity contribution < 1.29 is 4.79 Å². The predicted molar refractivity (Wildman–Crippen MR) is 59.2 cm³/mol. The molecule has 1 radical (unpaired) electrons. The molecule has 71 valence electrons. The maximum absolute atomic E-state index is 10.8. The van der Waals surface area contributed by atoms with E-state index in [4.69, 9.17) is 5.73 Å². The molecule has 0 spiro atoms. The number of amides is 1. The number of benzene rings is 1. The first kappa shape index (κ1) is 9.21. The van der Waals surface area contributed by atoms with Crippen LogP contribution in [0.2, 0.25) is 0 Å². The molecule has 2 aromatic rings. The Morgan fingerprint density at radius 3 is 2.79 bits per heavy atom. The Bertz CT molecular complexity index is 487. The first-order valence-electron chi connectivity index (χ1n) is 4.31. The molecule has 14 heavy (non-hydrogen) atoms. The van der Waals surface area contributed by atoms with Crippen molar-refractivity contribution in [2.24, 2.45) is 5.73 Å². The quantitative estimate of drug-likeness (QED) is 0.801. The summed E-state index contributed by atoms with van der Waals surface area (Å²) in [4.78, 5) is 11.7. The standard InChI is InChI=1S/C11H10NOS/c1-7-8-4-2-3-5-9(8)14-10(7)6-11(12)13/h2-6H,1H3,(H2,12,13). The van der Waals surface area contributed by atoms with Gasteiger partial charge in [-0.2, -0.15) is 0 Å². The van der Waals surface area contributed by atoms with E-state index < -0.39 is 0 Å². The van der Waals surface area contributed by atoms with E-state index in [-0.39, 0.29) is 5.91 Å². The second-order valence-corrected chi connectivity index (χ2v) is 4.22. The van der Waals surface area contributed by atoms with E-state index in [1.807, 2.05) is 25.1 Å². The molecule has 0 saturated heterocycles. The largest absolute Gasteiger partial charge is 0.369 e. The van der Waals surface area contributed by atoms with Gasteiger partial charge in [0.1, 0.15) is 0 Å². The Morgan fingerprint density at radius 1 is 1.43 bits per heavy atom. The van der Waals surface area contributed by atoms with E-state index in [1.54, 1.807) is 11.3 Å². The Balaban J connectivity index is 2.57. The number of thiophene rings is 1. The van der Waals surface area contributed by atoms with E-state index in [2.05, 4.69) is 6.07 Å². The lowest BCUT2D eigenvalue weighted by Crippen LogP contribution is -2.10. The molecule has 0 bridgehead atoms. The van der Waals surface area contributed by atoms with Crippen molar-refractivity contribution in [3.63, 3.8) is 0 Å². The van der Waals surface area contributed by atoms with Crippen molar-refractivity contribution >= 4 is 27.3 Å². The molecule has 2 rings (SSSR count). The minimum absolute atomic E-state index is 0.389. The number of primary amides is 1. The molecule has 1 heterocycles. The number of carbonyl (C=O) groups excluding carboxylic acids is 1. The van der Waals surface area contributed by atoms with Gasteiger partial charge in [0.2, 0.25) is 5.91 Å². The topological polar surface area (TPSA) is 43.1 Å². The zero-order chi connectivity index (χ0) is 10.1. The molecule has 2 N–H and O–H groups in total. The van der Waals surface area contributed by atoms with Crippen LogP contribution in [0.25, 0.3) is 10.1 Å². The van der Waals surface area contributed by atoms with Gasteiger partial charge in [0.25, 0.3) is 0 Å². The van der Waals surface area contributed by atoms with Gasteiger partial charge in [0.15, 0.2) is 0 Å². The molecule has 1 amide bonds. The molecule has 0 aliphatic carbocycles. The highest BCUT2D eigenvalue weighted by atomic mass is 32.1. The highest BCUT2D eigenvalue weighted by molar-refractivity contribution is 7.19.